The largest absolute Gasteiger partial charge is 0.465 e. The minimum Gasteiger partial charge on any atom is -0.465 e. The Balaban J connectivity index is 1.34. The molecule has 1 aliphatic rings. The minimum absolute atomic E-state index is 0.129. The molecule has 3 rings (SSSR count). The fourth-order valence-corrected chi connectivity index (χ4v) is 2.77. The van der Waals surface area contributed by atoms with Gasteiger partial charge in [-0.15, -0.1) is 0 Å². The fourth-order valence-electron chi connectivity index (χ4n) is 2.77. The molecule has 0 spiro atoms. The monoisotopic (exact) mass is 355 g/mol. The molecule has 138 valence electrons. The smallest absolute Gasteiger partial charge is 0.407 e. The summed E-state index contributed by atoms with van der Waals surface area (Å²) in [5.41, 5.74) is 2.10. The van der Waals surface area contributed by atoms with E-state index in [9.17, 15) is 4.79 Å². The zero-order valence-electron chi connectivity index (χ0n) is 14.9. The van der Waals surface area contributed by atoms with Crippen molar-refractivity contribution in [2.75, 3.05) is 13.2 Å². The number of amides is 1. The number of rotatable bonds is 7. The van der Waals surface area contributed by atoms with Crippen LogP contribution in [0.1, 0.15) is 30.4 Å². The molecule has 1 aliphatic heterocycles. The highest BCUT2D eigenvalue weighted by Gasteiger charge is 2.14. The molecule has 1 saturated heterocycles. The molecule has 1 atom stereocenters. The quantitative estimate of drug-likeness (QED) is 0.814. The van der Waals surface area contributed by atoms with Crippen LogP contribution in [0.25, 0.3) is 0 Å². The lowest BCUT2D eigenvalue weighted by Gasteiger charge is -2.23. The number of carbonyl (C=O) groups excluding carboxylic acids is 1. The summed E-state index contributed by atoms with van der Waals surface area (Å²) in [6.45, 7) is 1.58. The Labute approximate surface area is 154 Å². The average Bonchev–Trinajstić information content (AvgIpc) is 2.69. The molecule has 1 unspecified atom stereocenters. The van der Waals surface area contributed by atoms with Gasteiger partial charge >= 0.3 is 6.09 Å². The van der Waals surface area contributed by atoms with Crippen molar-refractivity contribution in [3.8, 4) is 5.75 Å². The number of nitrogens with one attached hydrogen (secondary N) is 1. The van der Waals surface area contributed by atoms with E-state index in [0.717, 1.165) is 49.2 Å². The van der Waals surface area contributed by atoms with Crippen LogP contribution in [-0.2, 0) is 22.5 Å². The Morgan fingerprint density at radius 3 is 2.58 bits per heavy atom. The van der Waals surface area contributed by atoms with E-state index >= 15 is 0 Å². The van der Waals surface area contributed by atoms with E-state index in [1.807, 2.05) is 54.6 Å². The Morgan fingerprint density at radius 1 is 1.04 bits per heavy atom. The summed E-state index contributed by atoms with van der Waals surface area (Å²) in [5, 5.41) is 2.77. The van der Waals surface area contributed by atoms with Gasteiger partial charge in [-0.1, -0.05) is 42.5 Å². The van der Waals surface area contributed by atoms with Gasteiger partial charge in [0.1, 0.15) is 12.4 Å². The van der Waals surface area contributed by atoms with E-state index in [2.05, 4.69) is 5.32 Å². The third-order valence-electron chi connectivity index (χ3n) is 4.22. The standard InChI is InChI=1S/C21H25NO4/c23-21(25-16-18-6-2-1-3-7-18)22-14-13-17-9-11-19(12-10-17)26-20-8-4-5-15-24-20/h1-3,6-7,9-12,20H,4-5,8,13-16H2,(H,22,23). The molecule has 0 saturated carbocycles. The van der Waals surface area contributed by atoms with Crippen LogP contribution in [-0.4, -0.2) is 25.5 Å². The number of carbonyl (C=O) groups is 1. The zero-order chi connectivity index (χ0) is 18.0. The van der Waals surface area contributed by atoms with E-state index in [-0.39, 0.29) is 12.9 Å². The molecule has 2 aromatic rings. The molecule has 0 aliphatic carbocycles. The summed E-state index contributed by atoms with van der Waals surface area (Å²) in [6, 6.07) is 17.5. The third kappa shape index (κ3) is 6.08. The Morgan fingerprint density at radius 2 is 1.85 bits per heavy atom. The maximum Gasteiger partial charge on any atom is 0.407 e. The van der Waals surface area contributed by atoms with E-state index < -0.39 is 6.09 Å². The van der Waals surface area contributed by atoms with E-state index in [4.69, 9.17) is 14.2 Å². The topological polar surface area (TPSA) is 56.8 Å². The van der Waals surface area contributed by atoms with Crippen LogP contribution in [0.15, 0.2) is 54.6 Å². The summed E-state index contributed by atoms with van der Waals surface area (Å²) < 4.78 is 16.6. The second kappa shape index (κ2) is 9.82. The maximum atomic E-state index is 11.7. The van der Waals surface area contributed by atoms with Crippen LogP contribution in [0, 0.1) is 0 Å². The number of hydrogen-bond donors (Lipinski definition) is 1. The summed E-state index contributed by atoms with van der Waals surface area (Å²) in [6.07, 6.45) is 3.41. The second-order valence-corrected chi connectivity index (χ2v) is 6.30. The molecule has 0 aromatic heterocycles. The van der Waals surface area contributed by atoms with Crippen molar-refractivity contribution in [3.05, 3.63) is 65.7 Å². The molecule has 1 heterocycles. The van der Waals surface area contributed by atoms with Crippen molar-refractivity contribution in [1.29, 1.82) is 0 Å². The lowest BCUT2D eigenvalue weighted by atomic mass is 10.1. The van der Waals surface area contributed by atoms with Crippen molar-refractivity contribution in [3.63, 3.8) is 0 Å². The van der Waals surface area contributed by atoms with Gasteiger partial charge in [0, 0.05) is 13.0 Å². The van der Waals surface area contributed by atoms with E-state index in [1.165, 1.54) is 0 Å². The molecule has 5 nitrogen and oxygen atoms in total. The highest BCUT2D eigenvalue weighted by Crippen LogP contribution is 2.19. The van der Waals surface area contributed by atoms with Gasteiger partial charge in [0.15, 0.2) is 6.29 Å². The molecule has 2 aromatic carbocycles. The molecule has 0 radical (unpaired) electrons. The summed E-state index contributed by atoms with van der Waals surface area (Å²) >= 11 is 0. The normalized spacial score (nSPS) is 16.7. The van der Waals surface area contributed by atoms with Gasteiger partial charge in [-0.05, 0) is 42.5 Å². The van der Waals surface area contributed by atoms with Gasteiger partial charge in [0.25, 0.3) is 0 Å². The molecule has 1 fully saturated rings. The zero-order valence-corrected chi connectivity index (χ0v) is 14.9. The van der Waals surface area contributed by atoms with Crippen LogP contribution in [0.3, 0.4) is 0 Å². The van der Waals surface area contributed by atoms with Crippen molar-refractivity contribution in [2.45, 2.75) is 38.6 Å². The number of hydrogen-bond acceptors (Lipinski definition) is 4. The predicted molar refractivity (Wildman–Crippen MR) is 99.0 cm³/mol. The van der Waals surface area contributed by atoms with E-state index in [1.54, 1.807) is 0 Å². The lowest BCUT2D eigenvalue weighted by Crippen LogP contribution is -2.26. The summed E-state index contributed by atoms with van der Waals surface area (Å²) in [4.78, 5) is 11.7. The van der Waals surface area contributed by atoms with Gasteiger partial charge in [-0.25, -0.2) is 4.79 Å². The van der Waals surface area contributed by atoms with Crippen molar-refractivity contribution in [1.82, 2.24) is 5.32 Å². The van der Waals surface area contributed by atoms with Gasteiger partial charge in [-0.2, -0.15) is 0 Å². The molecule has 26 heavy (non-hydrogen) atoms. The molecular weight excluding hydrogens is 330 g/mol. The summed E-state index contributed by atoms with van der Waals surface area (Å²) in [7, 11) is 0. The Bertz CT molecular complexity index is 666. The third-order valence-corrected chi connectivity index (χ3v) is 4.22. The van der Waals surface area contributed by atoms with Crippen LogP contribution < -0.4 is 10.1 Å². The molecule has 0 bridgehead atoms. The van der Waals surface area contributed by atoms with Crippen LogP contribution in [0.4, 0.5) is 4.79 Å². The maximum absolute atomic E-state index is 11.7. The second-order valence-electron chi connectivity index (χ2n) is 6.30. The van der Waals surface area contributed by atoms with Gasteiger partial charge in [0.2, 0.25) is 0 Å². The van der Waals surface area contributed by atoms with Gasteiger partial charge in [0.05, 0.1) is 6.61 Å². The first kappa shape index (κ1) is 18.3. The molecule has 1 amide bonds. The number of alkyl carbamates (subject to hydrolysis) is 1. The first-order valence-corrected chi connectivity index (χ1v) is 9.11. The SMILES string of the molecule is O=C(NCCc1ccc(OC2CCCCO2)cc1)OCc1ccccc1. The minimum atomic E-state index is -0.400. The van der Waals surface area contributed by atoms with Crippen LogP contribution >= 0.6 is 0 Å². The first-order valence-electron chi connectivity index (χ1n) is 9.11. The van der Waals surface area contributed by atoms with Gasteiger partial charge < -0.3 is 19.5 Å². The first-order chi connectivity index (χ1) is 12.8. The van der Waals surface area contributed by atoms with Crippen LogP contribution in [0.2, 0.25) is 0 Å². The number of ether oxygens (including phenoxy) is 3. The Hall–Kier alpha value is -2.53. The summed E-state index contributed by atoms with van der Waals surface area (Å²) in [5.74, 6) is 0.816. The lowest BCUT2D eigenvalue weighted by molar-refractivity contribution is -0.105. The van der Waals surface area contributed by atoms with E-state index in [0.29, 0.717) is 6.54 Å². The van der Waals surface area contributed by atoms with Crippen molar-refractivity contribution in [2.24, 2.45) is 0 Å². The van der Waals surface area contributed by atoms with Crippen molar-refractivity contribution < 1.29 is 19.0 Å². The molecule has 5 heteroatoms. The highest BCUT2D eigenvalue weighted by molar-refractivity contribution is 5.67. The number of benzene rings is 2. The fraction of sp³-hybridized carbons (Fsp3) is 0.381. The van der Waals surface area contributed by atoms with Gasteiger partial charge in [-0.3, -0.25) is 0 Å². The highest BCUT2D eigenvalue weighted by atomic mass is 16.7. The molecular formula is C21H25NO4. The van der Waals surface area contributed by atoms with Crippen molar-refractivity contribution >= 4 is 6.09 Å². The average molecular weight is 355 g/mol. The predicted octanol–water partition coefficient (Wildman–Crippen LogP) is 4.06. The Kier molecular flexibility index (Phi) is 6.90. The molecule has 1 N–H and O–H groups in total. The van der Waals surface area contributed by atoms with Crippen LogP contribution in [0.5, 0.6) is 5.75 Å².